The molecular weight excluding hydrogens is 611 g/mol. The van der Waals surface area contributed by atoms with Crippen molar-refractivity contribution in [2.45, 2.75) is 63.7 Å². The molecule has 5 rings (SSSR count). The highest BCUT2D eigenvalue weighted by atomic mass is 32.1. The maximum Gasteiger partial charge on any atom is 0.399 e. The second-order valence-corrected chi connectivity index (χ2v) is 15.3. The number of hydrogen-bond donors (Lipinski definition) is 3. The zero-order valence-corrected chi connectivity index (χ0v) is 26.4. The molecule has 2 aliphatic rings. The Kier molecular flexibility index (Phi) is 8.76. The Balaban J connectivity index is 1.32. The van der Waals surface area contributed by atoms with Gasteiger partial charge in [-0.1, -0.05) is 57.2 Å². The third kappa shape index (κ3) is 6.31. The highest BCUT2D eigenvalue weighted by Crippen LogP contribution is 2.59. The van der Waals surface area contributed by atoms with Gasteiger partial charge in [-0.15, -0.1) is 11.3 Å². The van der Waals surface area contributed by atoms with Crippen LogP contribution in [0.4, 0.5) is 8.78 Å². The number of rotatable bonds is 7. The molecule has 3 N–H and O–H groups in total. The van der Waals surface area contributed by atoms with Crippen molar-refractivity contribution < 1.29 is 37.5 Å². The van der Waals surface area contributed by atoms with Gasteiger partial charge in [0.2, 0.25) is 11.8 Å². The number of hydrogen-bond acceptors (Lipinski definition) is 5. The van der Waals surface area contributed by atoms with Gasteiger partial charge < -0.3 is 24.9 Å². The van der Waals surface area contributed by atoms with Gasteiger partial charge in [-0.05, 0) is 53.8 Å². The summed E-state index contributed by atoms with van der Waals surface area (Å²) >= 11 is 1.01. The minimum atomic E-state index is -5.76. The molecule has 0 saturated carbocycles. The number of carbonyl (C=O) groups excluding carboxylic acids is 3. The van der Waals surface area contributed by atoms with Crippen LogP contribution in [0.3, 0.4) is 0 Å². The SMILES string of the molecule is CC(C)(C)[C@H](NC(=O)c1cc2cc(C(F)(F)P(=O)(O)O)ccc2s1)C(=O)N1CCC[C@H]1C(=O)N1CC[C@@H](c2ccccc2)C1. The lowest BCUT2D eigenvalue weighted by Gasteiger charge is -2.36. The Morgan fingerprint density at radius 3 is 2.39 bits per heavy atom. The monoisotopic (exact) mass is 647 g/mol. The van der Waals surface area contributed by atoms with Crippen LogP contribution in [-0.2, 0) is 19.8 Å². The summed E-state index contributed by atoms with van der Waals surface area (Å²) in [5.74, 6) is -0.784. The van der Waals surface area contributed by atoms with Crippen molar-refractivity contribution >= 4 is 46.7 Å². The quantitative estimate of drug-likeness (QED) is 0.300. The lowest BCUT2D eigenvalue weighted by Crippen LogP contribution is -2.57. The van der Waals surface area contributed by atoms with E-state index in [1.807, 2.05) is 43.9 Å². The number of carbonyl (C=O) groups is 3. The molecule has 2 aliphatic heterocycles. The first-order chi connectivity index (χ1) is 20.6. The number of nitrogens with zero attached hydrogens (tertiary/aromatic N) is 2. The molecule has 0 radical (unpaired) electrons. The van der Waals surface area contributed by atoms with Gasteiger partial charge in [0.15, 0.2) is 0 Å². The van der Waals surface area contributed by atoms with E-state index < -0.39 is 42.2 Å². The molecule has 236 valence electrons. The lowest BCUT2D eigenvalue weighted by molar-refractivity contribution is -0.145. The first-order valence-corrected chi connectivity index (χ1v) is 16.9. The number of thiophene rings is 1. The lowest BCUT2D eigenvalue weighted by atomic mass is 9.85. The van der Waals surface area contributed by atoms with E-state index in [9.17, 15) is 27.7 Å². The van der Waals surface area contributed by atoms with Gasteiger partial charge in [0.1, 0.15) is 12.1 Å². The number of amides is 3. The molecule has 1 aromatic heterocycles. The van der Waals surface area contributed by atoms with E-state index in [4.69, 9.17) is 9.79 Å². The van der Waals surface area contributed by atoms with Gasteiger partial charge in [0.05, 0.1) is 4.88 Å². The van der Waals surface area contributed by atoms with Crippen LogP contribution in [0, 0.1) is 5.41 Å². The summed E-state index contributed by atoms with van der Waals surface area (Å²) in [6, 6.07) is 13.0. The fourth-order valence-corrected chi connectivity index (χ4v) is 7.40. The molecule has 3 aromatic rings. The van der Waals surface area contributed by atoms with E-state index in [1.165, 1.54) is 17.7 Å². The summed E-state index contributed by atoms with van der Waals surface area (Å²) < 4.78 is 40.3. The minimum Gasteiger partial charge on any atom is -0.340 e. The average Bonchev–Trinajstić information content (AvgIpc) is 3.73. The minimum absolute atomic E-state index is 0.0827. The predicted octanol–water partition coefficient (Wildman–Crippen LogP) is 5.28. The molecule has 44 heavy (non-hydrogen) atoms. The molecule has 3 atom stereocenters. The standard InChI is InChI=1S/C31H36F2N3O6PS/c1-30(2,3)26(34-27(37)25-17-21-16-22(11-12-24(21)44-25)31(32,33)43(40,41)42)29(39)36-14-7-10-23(36)28(38)35-15-13-20(18-35)19-8-5-4-6-9-19/h4-6,8-9,11-12,16-17,20,23,26H,7,10,13-15,18H2,1-3H3,(H,34,37)(H2,40,41,42)/t20-,23+,26-/m1/s1. The zero-order valence-electron chi connectivity index (χ0n) is 24.7. The summed E-state index contributed by atoms with van der Waals surface area (Å²) in [6.07, 6.45) is 2.06. The number of likely N-dealkylation sites (tertiary alicyclic amines) is 2. The summed E-state index contributed by atoms with van der Waals surface area (Å²) in [7, 11) is -5.76. The molecule has 2 saturated heterocycles. The normalized spacial score (nSPS) is 20.2. The Labute approximate surface area is 258 Å². The highest BCUT2D eigenvalue weighted by Gasteiger charge is 2.50. The second kappa shape index (κ2) is 12.0. The number of alkyl halides is 2. The Hall–Kier alpha value is -3.18. The number of fused-ring (bicyclic) bond motifs is 1. The fourth-order valence-electron chi connectivity index (χ4n) is 5.98. The van der Waals surface area contributed by atoms with Gasteiger partial charge >= 0.3 is 13.3 Å². The molecule has 9 nitrogen and oxygen atoms in total. The van der Waals surface area contributed by atoms with Gasteiger partial charge in [0.25, 0.3) is 5.91 Å². The van der Waals surface area contributed by atoms with Crippen LogP contribution in [0.1, 0.15) is 66.8 Å². The van der Waals surface area contributed by atoms with Crippen LogP contribution in [0.5, 0.6) is 0 Å². The average molecular weight is 648 g/mol. The van der Waals surface area contributed by atoms with Gasteiger partial charge in [-0.2, -0.15) is 8.78 Å². The van der Waals surface area contributed by atoms with Crippen molar-refractivity contribution in [1.29, 1.82) is 0 Å². The van der Waals surface area contributed by atoms with E-state index in [-0.39, 0.29) is 28.0 Å². The van der Waals surface area contributed by atoms with Crippen molar-refractivity contribution in [3.05, 3.63) is 70.6 Å². The van der Waals surface area contributed by atoms with E-state index in [1.54, 1.807) is 4.90 Å². The maximum atomic E-state index is 14.3. The number of benzene rings is 2. The Bertz CT molecular complexity index is 1620. The molecule has 2 fully saturated rings. The fraction of sp³-hybridized carbons (Fsp3) is 0.452. The third-order valence-corrected chi connectivity index (χ3v) is 10.5. The summed E-state index contributed by atoms with van der Waals surface area (Å²) in [5.41, 5.74) is -4.77. The van der Waals surface area contributed by atoms with Crippen molar-refractivity contribution in [3.8, 4) is 0 Å². The molecular formula is C31H36F2N3O6PS. The molecule has 0 bridgehead atoms. The van der Waals surface area contributed by atoms with Crippen LogP contribution >= 0.6 is 18.9 Å². The van der Waals surface area contributed by atoms with Gasteiger partial charge in [-0.3, -0.25) is 18.9 Å². The smallest absolute Gasteiger partial charge is 0.340 e. The van der Waals surface area contributed by atoms with Crippen molar-refractivity contribution in [2.24, 2.45) is 5.41 Å². The molecule has 0 unspecified atom stereocenters. The molecule has 3 amide bonds. The van der Waals surface area contributed by atoms with Crippen molar-refractivity contribution in [3.63, 3.8) is 0 Å². The van der Waals surface area contributed by atoms with Crippen LogP contribution in [0.15, 0.2) is 54.6 Å². The molecule has 2 aromatic carbocycles. The first kappa shape index (κ1) is 32.2. The van der Waals surface area contributed by atoms with E-state index in [0.717, 1.165) is 29.9 Å². The Morgan fingerprint density at radius 1 is 1.02 bits per heavy atom. The molecule has 3 heterocycles. The summed E-state index contributed by atoms with van der Waals surface area (Å²) in [4.78, 5) is 62.8. The van der Waals surface area contributed by atoms with Gasteiger partial charge in [0, 0.05) is 35.8 Å². The van der Waals surface area contributed by atoms with Crippen LogP contribution in [0.2, 0.25) is 0 Å². The third-order valence-electron chi connectivity index (χ3n) is 8.43. The zero-order chi connectivity index (χ0) is 32.0. The predicted molar refractivity (Wildman–Crippen MR) is 164 cm³/mol. The molecule has 13 heteroatoms. The Morgan fingerprint density at radius 2 is 1.73 bits per heavy atom. The van der Waals surface area contributed by atoms with Crippen LogP contribution in [-0.4, -0.2) is 69.0 Å². The van der Waals surface area contributed by atoms with E-state index in [0.29, 0.717) is 37.2 Å². The van der Waals surface area contributed by atoms with Crippen LogP contribution < -0.4 is 5.32 Å². The highest BCUT2D eigenvalue weighted by molar-refractivity contribution is 7.52. The molecule has 0 spiro atoms. The topological polar surface area (TPSA) is 127 Å². The van der Waals surface area contributed by atoms with Gasteiger partial charge in [-0.25, -0.2) is 0 Å². The summed E-state index contributed by atoms with van der Waals surface area (Å²) in [6.45, 7) is 7.05. The maximum absolute atomic E-state index is 14.3. The van der Waals surface area contributed by atoms with Crippen LogP contribution in [0.25, 0.3) is 10.1 Å². The summed E-state index contributed by atoms with van der Waals surface area (Å²) in [5, 5.41) is 3.04. The first-order valence-electron chi connectivity index (χ1n) is 14.5. The van der Waals surface area contributed by atoms with Crippen molar-refractivity contribution in [2.75, 3.05) is 19.6 Å². The largest absolute Gasteiger partial charge is 0.399 e. The second-order valence-electron chi connectivity index (χ2n) is 12.6. The van der Waals surface area contributed by atoms with E-state index in [2.05, 4.69) is 17.4 Å². The molecule has 0 aliphatic carbocycles. The van der Waals surface area contributed by atoms with Crippen molar-refractivity contribution in [1.82, 2.24) is 15.1 Å². The van der Waals surface area contributed by atoms with E-state index >= 15 is 0 Å². The number of halogens is 2. The number of nitrogens with one attached hydrogen (secondary N) is 1.